The van der Waals surface area contributed by atoms with Crippen molar-refractivity contribution in [3.8, 4) is 33.6 Å². The Balaban J connectivity index is 0.000000186. The Labute approximate surface area is 392 Å². The molecule has 0 amide bonds. The minimum absolute atomic E-state index is 0.128. The lowest BCUT2D eigenvalue weighted by Crippen LogP contribution is -2.29. The first-order chi connectivity index (χ1) is 32.0. The number of aryl methyl sites for hydroxylation is 2. The molecule has 0 unspecified atom stereocenters. The fourth-order valence-electron chi connectivity index (χ4n) is 6.72. The summed E-state index contributed by atoms with van der Waals surface area (Å²) in [5.74, 6) is -0.113. The number of anilines is 2. The van der Waals surface area contributed by atoms with Crippen molar-refractivity contribution in [2.45, 2.75) is 52.4 Å². The van der Waals surface area contributed by atoms with E-state index in [0.717, 1.165) is 63.5 Å². The van der Waals surface area contributed by atoms with Crippen molar-refractivity contribution in [3.63, 3.8) is 0 Å². The zero-order valence-corrected chi connectivity index (χ0v) is 38.1. The van der Waals surface area contributed by atoms with Gasteiger partial charge in [-0.3, -0.25) is 29.5 Å². The van der Waals surface area contributed by atoms with Crippen molar-refractivity contribution in [1.29, 1.82) is 0 Å². The summed E-state index contributed by atoms with van der Waals surface area (Å²) in [5, 5.41) is 17.1. The topological polar surface area (TPSA) is 230 Å². The van der Waals surface area contributed by atoms with Gasteiger partial charge >= 0.3 is 7.12 Å². The summed E-state index contributed by atoms with van der Waals surface area (Å²) < 4.78 is 0.829. The molecule has 0 bridgehead atoms. The molecule has 14 nitrogen and oxygen atoms in total. The first kappa shape index (κ1) is 48.1. The molecule has 0 aliphatic carbocycles. The third kappa shape index (κ3) is 13.3. The predicted molar refractivity (Wildman–Crippen MR) is 261 cm³/mol. The predicted octanol–water partition coefficient (Wildman–Crippen LogP) is 7.58. The van der Waals surface area contributed by atoms with Crippen LogP contribution in [0.25, 0.3) is 33.6 Å². The average molecular weight is 944 g/mol. The van der Waals surface area contributed by atoms with Gasteiger partial charge < -0.3 is 21.5 Å². The number of hydrogen-bond donors (Lipinski definition) is 4. The summed E-state index contributed by atoms with van der Waals surface area (Å²) in [7, 11) is -1.38. The van der Waals surface area contributed by atoms with Gasteiger partial charge in [0.2, 0.25) is 0 Å². The second-order valence-corrected chi connectivity index (χ2v) is 15.8. The van der Waals surface area contributed by atoms with Crippen LogP contribution in [-0.2, 0) is 25.7 Å². The van der Waals surface area contributed by atoms with Gasteiger partial charge in [-0.05, 0) is 88.1 Å². The first-order valence-corrected chi connectivity index (χ1v) is 22.0. The van der Waals surface area contributed by atoms with Crippen LogP contribution in [0.4, 0.5) is 11.6 Å². The number of ketones is 2. The van der Waals surface area contributed by atoms with Crippen LogP contribution in [0.2, 0.25) is 0 Å². The zero-order valence-electron chi connectivity index (χ0n) is 36.5. The number of halogens is 1. The lowest BCUT2D eigenvalue weighted by molar-refractivity contribution is 0.0980. The molecule has 6 heterocycles. The van der Waals surface area contributed by atoms with Crippen molar-refractivity contribution in [1.82, 2.24) is 39.9 Å². The smallest absolute Gasteiger partial charge is 0.423 e. The van der Waals surface area contributed by atoms with E-state index in [9.17, 15) is 9.59 Å². The molecule has 0 radical (unpaired) electrons. The van der Waals surface area contributed by atoms with E-state index < -0.39 is 7.12 Å². The molecule has 0 saturated heterocycles. The van der Waals surface area contributed by atoms with Gasteiger partial charge in [-0.2, -0.15) is 0 Å². The molecule has 66 heavy (non-hydrogen) atoms. The molecule has 6 N–H and O–H groups in total. The minimum atomic E-state index is -1.38. The quantitative estimate of drug-likeness (QED) is 0.0609. The summed E-state index contributed by atoms with van der Waals surface area (Å²) >= 11 is 3.43. The van der Waals surface area contributed by atoms with E-state index in [0.29, 0.717) is 16.9 Å². The zero-order chi connectivity index (χ0) is 46.8. The summed E-state index contributed by atoms with van der Waals surface area (Å²) in [6.07, 6.45) is 20.9. The maximum atomic E-state index is 13.1. The first-order valence-electron chi connectivity index (χ1n) is 21.2. The molecular formula is C50H48BBrN10O4. The van der Waals surface area contributed by atoms with Crippen molar-refractivity contribution in [2.75, 3.05) is 11.5 Å². The number of nitrogen functional groups attached to an aromatic ring is 2. The number of nitrogens with two attached hydrogens (primary N) is 2. The number of carbonyl (C=O) groups excluding carboxylic acids is 2. The molecule has 0 fully saturated rings. The molecule has 6 aromatic heterocycles. The van der Waals surface area contributed by atoms with E-state index in [4.69, 9.17) is 21.5 Å². The van der Waals surface area contributed by atoms with Gasteiger partial charge in [0.25, 0.3) is 0 Å². The molecule has 332 valence electrons. The van der Waals surface area contributed by atoms with Gasteiger partial charge in [0.1, 0.15) is 11.4 Å². The molecule has 0 aliphatic rings. The van der Waals surface area contributed by atoms with Gasteiger partial charge in [0.05, 0.1) is 23.8 Å². The SMILES string of the molecule is CCCc1ccc(-c2cnc(N)c(C(=O)Cc3cnccc3-c3ccncc3)n2)cc1.CCCc1ccc(-c2cnc(N)c(C(=O)Cc3cnccc3Br)n2)cc1.OB(O)c1ccncc1. The second-order valence-electron chi connectivity index (χ2n) is 15.0. The second kappa shape index (κ2) is 24.0. The largest absolute Gasteiger partial charge is 0.488 e. The number of hydrogen-bond acceptors (Lipinski definition) is 14. The lowest BCUT2D eigenvalue weighted by atomic mass is 9.81. The van der Waals surface area contributed by atoms with Gasteiger partial charge in [0, 0.05) is 78.0 Å². The van der Waals surface area contributed by atoms with Crippen molar-refractivity contribution >= 4 is 51.7 Å². The lowest BCUT2D eigenvalue weighted by Gasteiger charge is -2.10. The van der Waals surface area contributed by atoms with Crippen LogP contribution in [0.5, 0.6) is 0 Å². The van der Waals surface area contributed by atoms with Crippen molar-refractivity contribution < 1.29 is 19.6 Å². The number of rotatable bonds is 14. The van der Waals surface area contributed by atoms with Crippen LogP contribution in [0, 0.1) is 0 Å². The van der Waals surface area contributed by atoms with E-state index in [2.05, 4.69) is 93.9 Å². The third-order valence-corrected chi connectivity index (χ3v) is 10.9. The van der Waals surface area contributed by atoms with E-state index >= 15 is 0 Å². The third-order valence-electron chi connectivity index (χ3n) is 10.2. The molecule has 8 rings (SSSR count). The Morgan fingerprint density at radius 1 is 0.545 bits per heavy atom. The van der Waals surface area contributed by atoms with Crippen molar-refractivity contribution in [2.24, 2.45) is 0 Å². The number of nitrogens with zero attached hydrogens (tertiary/aromatic N) is 8. The van der Waals surface area contributed by atoms with Crippen LogP contribution in [0.1, 0.15) is 69.9 Å². The summed E-state index contributed by atoms with van der Waals surface area (Å²) in [6, 6.07) is 26.9. The molecular weight excluding hydrogens is 895 g/mol. The Kier molecular flexibility index (Phi) is 17.5. The number of pyridine rings is 4. The van der Waals surface area contributed by atoms with Crippen molar-refractivity contribution in [3.05, 3.63) is 185 Å². The standard InChI is InChI=1S/C25H23N5O.C20H19BrN4O.C5H6BNO2/c1-2-3-17-4-6-19(7-5-17)22-16-29-25(26)24(30-22)23(31)14-20-15-28-13-10-21(20)18-8-11-27-12-9-18;1-2-3-13-4-6-14(7-5-13)17-12-24-20(22)19(25-17)18(26)10-15-11-23-9-8-16(15)21;8-6(9)5-1-3-7-4-2-5/h4-13,15-16H,2-3,14H2,1H3,(H2,26,29);4-9,11-12H,2-3,10H2,1H3,(H2,22,24);1-4,8-9H. The van der Waals surface area contributed by atoms with E-state index in [1.807, 2.05) is 42.5 Å². The highest BCUT2D eigenvalue weighted by molar-refractivity contribution is 9.10. The van der Waals surface area contributed by atoms with E-state index in [1.165, 1.54) is 23.5 Å². The van der Waals surface area contributed by atoms with Crippen LogP contribution >= 0.6 is 15.9 Å². The fraction of sp³-hybridized carbons (Fsp3) is 0.160. The average Bonchev–Trinajstić information content (AvgIpc) is 3.34. The Bertz CT molecular complexity index is 2840. The maximum Gasteiger partial charge on any atom is 0.488 e. The Hall–Kier alpha value is -7.40. The summed E-state index contributed by atoms with van der Waals surface area (Å²) in [4.78, 5) is 59.2. The molecule has 8 aromatic rings. The van der Waals surface area contributed by atoms with Crippen LogP contribution < -0.4 is 16.9 Å². The minimum Gasteiger partial charge on any atom is -0.423 e. The molecule has 0 aliphatic heterocycles. The maximum absolute atomic E-state index is 13.1. The van der Waals surface area contributed by atoms with Crippen LogP contribution in [0.15, 0.2) is 151 Å². The fourth-order valence-corrected chi connectivity index (χ4v) is 7.08. The highest BCUT2D eigenvalue weighted by atomic mass is 79.9. The molecule has 0 saturated carbocycles. The van der Waals surface area contributed by atoms with E-state index in [1.54, 1.807) is 67.8 Å². The van der Waals surface area contributed by atoms with Gasteiger partial charge in [-0.25, -0.2) is 19.9 Å². The Morgan fingerprint density at radius 2 is 0.985 bits per heavy atom. The number of benzene rings is 2. The molecule has 16 heteroatoms. The normalized spacial score (nSPS) is 10.5. The van der Waals surface area contributed by atoms with Crippen LogP contribution in [-0.4, -0.2) is 68.6 Å². The van der Waals surface area contributed by atoms with Gasteiger partial charge in [-0.1, -0.05) is 91.1 Å². The highest BCUT2D eigenvalue weighted by Crippen LogP contribution is 2.26. The number of carbonyl (C=O) groups is 2. The number of aromatic nitrogens is 8. The molecule has 0 atom stereocenters. The van der Waals surface area contributed by atoms with Gasteiger partial charge in [0.15, 0.2) is 23.2 Å². The van der Waals surface area contributed by atoms with E-state index in [-0.39, 0.29) is 47.4 Å². The molecule has 2 aromatic carbocycles. The van der Waals surface area contributed by atoms with Crippen LogP contribution in [0.3, 0.4) is 0 Å². The highest BCUT2D eigenvalue weighted by Gasteiger charge is 2.19. The summed E-state index contributed by atoms with van der Waals surface area (Å²) in [5.41, 5.74) is 21.9. The molecule has 0 spiro atoms. The Morgan fingerprint density at radius 3 is 1.44 bits per heavy atom. The summed E-state index contributed by atoms with van der Waals surface area (Å²) in [6.45, 7) is 4.30. The monoisotopic (exact) mass is 942 g/mol. The van der Waals surface area contributed by atoms with Gasteiger partial charge in [-0.15, -0.1) is 0 Å². The number of Topliss-reactive ketones (excluding diaryl/α,β-unsaturated/α-hetero) is 2.